The monoisotopic (exact) mass is 1240 g/mol. The number of ether oxygens (including phenoxy) is 4. The lowest BCUT2D eigenvalue weighted by molar-refractivity contribution is -0.145. The van der Waals surface area contributed by atoms with Crippen molar-refractivity contribution in [2.45, 2.75) is 426 Å². The molecule has 0 radical (unpaired) electrons. The van der Waals surface area contributed by atoms with E-state index in [-0.39, 0.29) is 35.7 Å². The molecular weight excluding hydrogens is 1090 g/mol. The molecule has 0 aromatic carbocycles. The van der Waals surface area contributed by atoms with E-state index in [1.807, 2.05) is 0 Å². The normalized spacial score (nSPS) is 12.4. The summed E-state index contributed by atoms with van der Waals surface area (Å²) in [7, 11) is 0. The number of unbranched alkanes of at least 4 members (excludes halogenated alkanes) is 49. The van der Waals surface area contributed by atoms with Gasteiger partial charge in [-0.25, -0.2) is 0 Å². The predicted octanol–water partition coefficient (Wildman–Crippen LogP) is 25.8. The molecule has 8 nitrogen and oxygen atoms in total. The molecule has 0 aliphatic heterocycles. The molecule has 0 bridgehead atoms. The second kappa shape index (κ2) is 73.4. The van der Waals surface area contributed by atoms with Crippen molar-refractivity contribution < 1.29 is 38.1 Å². The van der Waals surface area contributed by atoms with Crippen molar-refractivity contribution >= 4 is 23.9 Å². The molecule has 0 N–H and O–H groups in total. The fourth-order valence-electron chi connectivity index (χ4n) is 12.1. The lowest BCUT2D eigenvalue weighted by atomic mass is 9.99. The molecule has 0 spiro atoms. The number of allylic oxidation sites excluding steroid dienone is 2. The fourth-order valence-corrected chi connectivity index (χ4v) is 12.1. The van der Waals surface area contributed by atoms with Gasteiger partial charge in [0, 0.05) is 37.5 Å². The Hall–Kier alpha value is -2.64. The Morgan fingerprint density at radius 1 is 0.239 bits per heavy atom. The van der Waals surface area contributed by atoms with Crippen molar-refractivity contribution in [3.63, 3.8) is 0 Å². The highest BCUT2D eigenvalue weighted by molar-refractivity contribution is 5.70. The Morgan fingerprint density at radius 2 is 0.443 bits per heavy atom. The lowest BCUT2D eigenvalue weighted by Crippen LogP contribution is -2.13. The van der Waals surface area contributed by atoms with Crippen LogP contribution in [0.2, 0.25) is 0 Å². The van der Waals surface area contributed by atoms with Crippen LogP contribution < -0.4 is 0 Å². The molecular formula is C80H150O8. The molecule has 0 aliphatic rings. The molecule has 0 heterocycles. The summed E-state index contributed by atoms with van der Waals surface area (Å²) < 4.78 is 22.7. The Morgan fingerprint density at radius 3 is 0.705 bits per heavy atom. The van der Waals surface area contributed by atoms with E-state index < -0.39 is 0 Å². The number of rotatable bonds is 73. The number of hydrogen-bond acceptors (Lipinski definition) is 8. The Labute approximate surface area is 547 Å². The van der Waals surface area contributed by atoms with Crippen LogP contribution in [0.1, 0.15) is 426 Å². The van der Waals surface area contributed by atoms with Gasteiger partial charge in [0.2, 0.25) is 0 Å². The minimum Gasteiger partial charge on any atom is -0.466 e. The molecule has 8 heteroatoms. The van der Waals surface area contributed by atoms with Crippen LogP contribution in [0.4, 0.5) is 0 Å². The van der Waals surface area contributed by atoms with Crippen LogP contribution >= 0.6 is 0 Å². The van der Waals surface area contributed by atoms with Crippen LogP contribution in [0, 0.1) is 11.8 Å². The van der Waals surface area contributed by atoms with E-state index in [0.29, 0.717) is 52.1 Å². The van der Waals surface area contributed by atoms with Crippen LogP contribution in [0.15, 0.2) is 24.3 Å². The maximum Gasteiger partial charge on any atom is 0.305 e. The summed E-state index contributed by atoms with van der Waals surface area (Å²) in [5.41, 5.74) is 0. The van der Waals surface area contributed by atoms with Gasteiger partial charge in [0.1, 0.15) is 0 Å². The summed E-state index contributed by atoms with van der Waals surface area (Å²) in [6.45, 7) is 11.0. The highest BCUT2D eigenvalue weighted by Gasteiger charge is 2.13. The molecule has 0 fully saturated rings. The van der Waals surface area contributed by atoms with Gasteiger partial charge in [-0.15, -0.1) is 0 Å². The minimum absolute atomic E-state index is 0.0357. The van der Waals surface area contributed by atoms with E-state index in [0.717, 1.165) is 141 Å². The number of carbonyl (C=O) groups excluding carboxylic acids is 4. The van der Waals surface area contributed by atoms with Crippen LogP contribution in [0.25, 0.3) is 0 Å². The van der Waals surface area contributed by atoms with Crippen LogP contribution in [-0.2, 0) is 38.1 Å². The number of hydrogen-bond donors (Lipinski definition) is 0. The quantitative estimate of drug-likeness (QED) is 0.0257. The second-order valence-electron chi connectivity index (χ2n) is 27.0. The molecule has 0 rings (SSSR count). The van der Waals surface area contributed by atoms with Crippen molar-refractivity contribution in [1.29, 1.82) is 0 Å². The highest BCUT2D eigenvalue weighted by atomic mass is 16.5. The smallest absolute Gasteiger partial charge is 0.305 e. The third-order valence-electron chi connectivity index (χ3n) is 18.1. The first-order chi connectivity index (χ1) is 43.4. The first kappa shape index (κ1) is 85.4. The zero-order valence-corrected chi connectivity index (χ0v) is 59.4. The highest BCUT2D eigenvalue weighted by Crippen LogP contribution is 2.21. The van der Waals surface area contributed by atoms with Crippen molar-refractivity contribution in [2.75, 3.05) is 26.4 Å². The van der Waals surface area contributed by atoms with Gasteiger partial charge in [-0.05, 0) is 89.9 Å². The first-order valence-corrected chi connectivity index (χ1v) is 39.3. The van der Waals surface area contributed by atoms with E-state index in [1.54, 1.807) is 0 Å². The van der Waals surface area contributed by atoms with E-state index >= 15 is 0 Å². The average molecular weight is 1240 g/mol. The van der Waals surface area contributed by atoms with Gasteiger partial charge in [-0.2, -0.15) is 0 Å². The summed E-state index contributed by atoms with van der Waals surface area (Å²) >= 11 is 0. The van der Waals surface area contributed by atoms with Crippen LogP contribution in [0.3, 0.4) is 0 Å². The van der Waals surface area contributed by atoms with Gasteiger partial charge in [-0.3, -0.25) is 19.2 Å². The van der Waals surface area contributed by atoms with Gasteiger partial charge in [0.25, 0.3) is 0 Å². The lowest BCUT2D eigenvalue weighted by Gasteiger charge is -2.14. The van der Waals surface area contributed by atoms with E-state index in [4.69, 9.17) is 18.9 Å². The molecule has 0 saturated carbocycles. The van der Waals surface area contributed by atoms with Crippen LogP contribution in [0.5, 0.6) is 0 Å². The van der Waals surface area contributed by atoms with Gasteiger partial charge >= 0.3 is 23.9 Å². The SMILES string of the molecule is CCCCCCC/C=C/C(CCCCCCCC(=O)OCCCCCCOC(=O)CCCCCCCC(/C=C/CCCCCCC)COC(=O)CCCCCCCCCCCCCCCCC)COC(=O)CCCCCCCCCCCCCCCCC. The van der Waals surface area contributed by atoms with Gasteiger partial charge < -0.3 is 18.9 Å². The third kappa shape index (κ3) is 69.3. The summed E-state index contributed by atoms with van der Waals surface area (Å²) in [6, 6.07) is 0. The zero-order valence-electron chi connectivity index (χ0n) is 59.4. The summed E-state index contributed by atoms with van der Waals surface area (Å²) in [5, 5.41) is 0. The Balaban J connectivity index is 4.12. The maximum absolute atomic E-state index is 12.7. The van der Waals surface area contributed by atoms with E-state index in [1.165, 1.54) is 231 Å². The van der Waals surface area contributed by atoms with Gasteiger partial charge in [0.15, 0.2) is 0 Å². The van der Waals surface area contributed by atoms with E-state index in [9.17, 15) is 19.2 Å². The number of esters is 4. The van der Waals surface area contributed by atoms with Crippen molar-refractivity contribution in [3.05, 3.63) is 24.3 Å². The zero-order chi connectivity index (χ0) is 63.8. The third-order valence-corrected chi connectivity index (χ3v) is 18.1. The van der Waals surface area contributed by atoms with E-state index in [2.05, 4.69) is 52.0 Å². The maximum atomic E-state index is 12.7. The number of carbonyl (C=O) groups is 4. The first-order valence-electron chi connectivity index (χ1n) is 39.3. The average Bonchev–Trinajstić information content (AvgIpc) is 3.52. The molecule has 88 heavy (non-hydrogen) atoms. The second-order valence-corrected chi connectivity index (χ2v) is 27.0. The molecule has 2 unspecified atom stereocenters. The van der Waals surface area contributed by atoms with Crippen molar-refractivity contribution in [1.82, 2.24) is 0 Å². The van der Waals surface area contributed by atoms with Crippen molar-refractivity contribution in [3.8, 4) is 0 Å². The molecule has 2 atom stereocenters. The topological polar surface area (TPSA) is 105 Å². The summed E-state index contributed by atoms with van der Waals surface area (Å²) in [4.78, 5) is 50.2. The molecule has 0 saturated heterocycles. The molecule has 0 aliphatic carbocycles. The predicted molar refractivity (Wildman–Crippen MR) is 378 cm³/mol. The largest absolute Gasteiger partial charge is 0.466 e. The molecule has 0 aromatic heterocycles. The fraction of sp³-hybridized carbons (Fsp3) is 0.900. The van der Waals surface area contributed by atoms with Crippen molar-refractivity contribution in [2.24, 2.45) is 11.8 Å². The van der Waals surface area contributed by atoms with Gasteiger partial charge in [-0.1, -0.05) is 335 Å². The molecule has 0 aromatic rings. The minimum atomic E-state index is -0.0986. The van der Waals surface area contributed by atoms with Gasteiger partial charge in [0.05, 0.1) is 26.4 Å². The van der Waals surface area contributed by atoms with Crippen LogP contribution in [-0.4, -0.2) is 50.3 Å². The molecule has 0 amide bonds. The Bertz CT molecular complexity index is 1400. The standard InChI is InChI=1S/C80H150O8/c1-5-9-13-17-21-23-25-27-29-31-33-35-39-47-59-69-79(83)87-73-75(63-53-43-37-19-15-11-7-3)65-55-45-41-49-57-67-77(81)85-71-61-51-52-62-72-86-78(82)68-58-50-42-46-56-66-76(64-54-44-38-20-16-12-8-4)74-88-80(84)70-60-48-40-36-34-32-30-28-26-24-22-18-14-10-6-2/h53-54,63-64,75-76H,5-52,55-62,65-74H2,1-4H3/b63-53+,64-54+. The summed E-state index contributed by atoms with van der Waals surface area (Å²) in [6.07, 6.45) is 82.1. The summed E-state index contributed by atoms with van der Waals surface area (Å²) in [5.74, 6) is 0.287. The Kier molecular flexibility index (Phi) is 71.2. The molecule has 518 valence electrons.